The number of hydrogen-bond donors (Lipinski definition) is 1. The number of nitrogens with one attached hydrogen (secondary N) is 1. The molecular formula is C22H25N5O. The van der Waals surface area contributed by atoms with E-state index in [2.05, 4.69) is 40.0 Å². The predicted octanol–water partition coefficient (Wildman–Crippen LogP) is 2.87. The smallest absolute Gasteiger partial charge is 0.251 e. The molecule has 6 heteroatoms. The zero-order valence-corrected chi connectivity index (χ0v) is 16.4. The number of rotatable bonds is 3. The fourth-order valence-corrected chi connectivity index (χ4v) is 4.92. The summed E-state index contributed by atoms with van der Waals surface area (Å²) in [6, 6.07) is 7.90. The Morgan fingerprint density at radius 1 is 1.18 bits per heavy atom. The number of H-pyrrole nitrogens is 1. The van der Waals surface area contributed by atoms with E-state index in [1.807, 2.05) is 22.9 Å². The monoisotopic (exact) mass is 375 g/mol. The lowest BCUT2D eigenvalue weighted by molar-refractivity contribution is 0.114. The Kier molecular flexibility index (Phi) is 4.16. The van der Waals surface area contributed by atoms with Crippen molar-refractivity contribution in [2.75, 3.05) is 13.1 Å². The highest BCUT2D eigenvalue weighted by Gasteiger charge is 2.35. The lowest BCUT2D eigenvalue weighted by Gasteiger charge is -2.43. The maximum Gasteiger partial charge on any atom is 0.251 e. The van der Waals surface area contributed by atoms with Gasteiger partial charge in [0.05, 0.1) is 5.69 Å². The van der Waals surface area contributed by atoms with E-state index in [1.165, 1.54) is 11.3 Å². The van der Waals surface area contributed by atoms with Gasteiger partial charge in [-0.05, 0) is 43.9 Å². The fraction of sp³-hybridized carbons (Fsp3) is 0.409. The summed E-state index contributed by atoms with van der Waals surface area (Å²) >= 11 is 0. The third-order valence-corrected chi connectivity index (χ3v) is 6.29. The Hall–Kier alpha value is -2.73. The number of aryl methyl sites for hydroxylation is 2. The molecule has 0 unspecified atom stereocenters. The molecule has 0 radical (unpaired) electrons. The van der Waals surface area contributed by atoms with Crippen molar-refractivity contribution in [1.82, 2.24) is 24.6 Å². The van der Waals surface area contributed by atoms with Gasteiger partial charge in [0, 0.05) is 73.1 Å². The summed E-state index contributed by atoms with van der Waals surface area (Å²) in [5.74, 6) is 0.921. The molecule has 2 bridgehead atoms. The number of nitrogens with zero attached hydrogens (tertiary/aromatic N) is 4. The Morgan fingerprint density at radius 3 is 2.82 bits per heavy atom. The van der Waals surface area contributed by atoms with Crippen molar-refractivity contribution in [1.29, 1.82) is 0 Å². The summed E-state index contributed by atoms with van der Waals surface area (Å²) in [4.78, 5) is 19.6. The number of likely N-dealkylation sites (tertiary alicyclic amines) is 1. The average Bonchev–Trinajstić information content (AvgIpc) is 3.01. The van der Waals surface area contributed by atoms with E-state index in [0.717, 1.165) is 55.1 Å². The van der Waals surface area contributed by atoms with Gasteiger partial charge in [0.2, 0.25) is 0 Å². The van der Waals surface area contributed by atoms with Crippen LogP contribution in [0.2, 0.25) is 0 Å². The van der Waals surface area contributed by atoms with E-state index in [-0.39, 0.29) is 5.56 Å². The van der Waals surface area contributed by atoms with Crippen LogP contribution in [0, 0.1) is 19.8 Å². The third kappa shape index (κ3) is 2.98. The maximum absolute atomic E-state index is 12.8. The summed E-state index contributed by atoms with van der Waals surface area (Å²) in [5.41, 5.74) is 6.81. The van der Waals surface area contributed by atoms with Gasteiger partial charge in [-0.2, -0.15) is 5.10 Å². The molecule has 144 valence electrons. The second-order valence-electron chi connectivity index (χ2n) is 8.26. The first-order chi connectivity index (χ1) is 13.6. The zero-order chi connectivity index (χ0) is 19.3. The molecule has 28 heavy (non-hydrogen) atoms. The maximum atomic E-state index is 12.8. The van der Waals surface area contributed by atoms with Crippen LogP contribution in [-0.2, 0) is 13.1 Å². The quantitative estimate of drug-likeness (QED) is 0.764. The first-order valence-electron chi connectivity index (χ1n) is 9.96. The third-order valence-electron chi connectivity index (χ3n) is 6.29. The Balaban J connectivity index is 1.47. The number of aromatic amines is 1. The molecule has 0 amide bonds. The van der Waals surface area contributed by atoms with Crippen LogP contribution in [0.4, 0.5) is 0 Å². The topological polar surface area (TPSA) is 66.8 Å². The molecule has 3 aromatic rings. The predicted molar refractivity (Wildman–Crippen MR) is 108 cm³/mol. The Labute approximate surface area is 164 Å². The van der Waals surface area contributed by atoms with Crippen molar-refractivity contribution in [3.05, 3.63) is 69.7 Å². The number of aromatic nitrogens is 4. The van der Waals surface area contributed by atoms with Crippen molar-refractivity contribution < 1.29 is 0 Å². The molecule has 1 N–H and O–H groups in total. The van der Waals surface area contributed by atoms with Gasteiger partial charge in [0.15, 0.2) is 0 Å². The van der Waals surface area contributed by atoms with Crippen molar-refractivity contribution in [2.45, 2.75) is 39.3 Å². The summed E-state index contributed by atoms with van der Waals surface area (Å²) in [7, 11) is 0. The van der Waals surface area contributed by atoms with E-state index in [4.69, 9.17) is 0 Å². The molecule has 5 rings (SSSR count). The first kappa shape index (κ1) is 17.4. The van der Waals surface area contributed by atoms with Gasteiger partial charge in [-0.25, -0.2) is 0 Å². The Morgan fingerprint density at radius 2 is 2.07 bits per heavy atom. The summed E-state index contributed by atoms with van der Waals surface area (Å²) < 4.78 is 2.00. The summed E-state index contributed by atoms with van der Waals surface area (Å²) in [5, 5.41) is 7.44. The molecule has 2 aliphatic rings. The molecule has 1 fully saturated rings. The number of piperidine rings is 1. The van der Waals surface area contributed by atoms with Crippen LogP contribution in [0.3, 0.4) is 0 Å². The van der Waals surface area contributed by atoms with Crippen molar-refractivity contribution in [3.8, 4) is 11.1 Å². The first-order valence-corrected chi connectivity index (χ1v) is 9.96. The van der Waals surface area contributed by atoms with Crippen LogP contribution in [-0.4, -0.2) is 37.7 Å². The van der Waals surface area contributed by atoms with Crippen LogP contribution >= 0.6 is 0 Å². The van der Waals surface area contributed by atoms with Gasteiger partial charge in [0.1, 0.15) is 0 Å². The van der Waals surface area contributed by atoms with Crippen LogP contribution in [0.5, 0.6) is 0 Å². The van der Waals surface area contributed by atoms with Crippen LogP contribution in [0.1, 0.15) is 35.0 Å². The van der Waals surface area contributed by atoms with Gasteiger partial charge in [0.25, 0.3) is 5.56 Å². The normalized spacial score (nSPS) is 21.5. The van der Waals surface area contributed by atoms with E-state index in [1.54, 1.807) is 12.3 Å². The zero-order valence-electron chi connectivity index (χ0n) is 16.4. The molecule has 0 spiro atoms. The lowest BCUT2D eigenvalue weighted by Crippen LogP contribution is -2.46. The minimum Gasteiger partial charge on any atom is -0.312 e. The highest BCUT2D eigenvalue weighted by Crippen LogP contribution is 2.37. The highest BCUT2D eigenvalue weighted by atomic mass is 16.1. The Bertz CT molecular complexity index is 1050. The number of fused-ring (bicyclic) bond motifs is 4. The minimum absolute atomic E-state index is 0.112. The fourth-order valence-electron chi connectivity index (χ4n) is 4.92. The molecule has 2 atom stereocenters. The lowest BCUT2D eigenvalue weighted by atomic mass is 9.82. The van der Waals surface area contributed by atoms with Gasteiger partial charge >= 0.3 is 0 Å². The standard InChI is InChI=1S/C22H25N5O/c1-14-20(15(2)25-24-14)13-26-10-16-6-19(12-26)21-7-18(8-22(28)27(21)11-16)17-4-3-5-23-9-17/h3-5,7-9,16,19H,6,10-13H2,1-2H3,(H,24,25)/t16-,19+/m0/s1. The van der Waals surface area contributed by atoms with Crippen LogP contribution in [0.25, 0.3) is 11.1 Å². The van der Waals surface area contributed by atoms with E-state index >= 15 is 0 Å². The molecule has 1 saturated heterocycles. The SMILES string of the molecule is Cc1n[nH]c(C)c1CN1C[C@@H]2C[C@H](C1)c1cc(-c3cccnc3)cc(=O)n1C2. The van der Waals surface area contributed by atoms with Crippen molar-refractivity contribution >= 4 is 0 Å². The van der Waals surface area contributed by atoms with Gasteiger partial charge in [-0.15, -0.1) is 0 Å². The molecule has 0 aliphatic carbocycles. The second-order valence-corrected chi connectivity index (χ2v) is 8.26. The van der Waals surface area contributed by atoms with Gasteiger partial charge < -0.3 is 4.57 Å². The minimum atomic E-state index is 0.112. The molecule has 2 aliphatic heterocycles. The van der Waals surface area contributed by atoms with Crippen molar-refractivity contribution in [2.24, 2.45) is 5.92 Å². The molecule has 0 aromatic carbocycles. The highest BCUT2D eigenvalue weighted by molar-refractivity contribution is 5.62. The van der Waals surface area contributed by atoms with Crippen molar-refractivity contribution in [3.63, 3.8) is 0 Å². The number of hydrogen-bond acceptors (Lipinski definition) is 4. The van der Waals surface area contributed by atoms with E-state index in [0.29, 0.717) is 11.8 Å². The number of pyridine rings is 2. The van der Waals surface area contributed by atoms with Gasteiger partial charge in [-0.1, -0.05) is 6.07 Å². The molecule has 3 aromatic heterocycles. The second kappa shape index (κ2) is 6.71. The largest absolute Gasteiger partial charge is 0.312 e. The van der Waals surface area contributed by atoms with Crippen LogP contribution in [0.15, 0.2) is 41.5 Å². The van der Waals surface area contributed by atoms with E-state index < -0.39 is 0 Å². The summed E-state index contributed by atoms with van der Waals surface area (Å²) in [6.07, 6.45) is 4.75. The van der Waals surface area contributed by atoms with Crippen LogP contribution < -0.4 is 5.56 Å². The molecule has 0 saturated carbocycles. The van der Waals surface area contributed by atoms with E-state index in [9.17, 15) is 4.79 Å². The summed E-state index contributed by atoms with van der Waals surface area (Å²) in [6.45, 7) is 7.92. The molecule has 6 nitrogen and oxygen atoms in total. The van der Waals surface area contributed by atoms with Gasteiger partial charge in [-0.3, -0.25) is 19.8 Å². The average molecular weight is 375 g/mol. The molecular weight excluding hydrogens is 350 g/mol. The molecule has 5 heterocycles.